The molecule has 1 aliphatic rings. The maximum absolute atomic E-state index is 12.2. The van der Waals surface area contributed by atoms with Gasteiger partial charge in [0.25, 0.3) is 5.91 Å². The van der Waals surface area contributed by atoms with Crippen LogP contribution in [0.25, 0.3) is 0 Å². The zero-order valence-electron chi connectivity index (χ0n) is 15.7. The van der Waals surface area contributed by atoms with Crippen molar-refractivity contribution in [3.63, 3.8) is 0 Å². The van der Waals surface area contributed by atoms with Crippen LogP contribution in [0.4, 0.5) is 0 Å². The highest BCUT2D eigenvalue weighted by Gasteiger charge is 2.30. The van der Waals surface area contributed by atoms with E-state index in [1.807, 2.05) is 26.0 Å². The van der Waals surface area contributed by atoms with E-state index in [-0.39, 0.29) is 11.9 Å². The van der Waals surface area contributed by atoms with Crippen molar-refractivity contribution in [2.45, 2.75) is 58.3 Å². The molecule has 1 aromatic heterocycles. The summed E-state index contributed by atoms with van der Waals surface area (Å²) in [5.74, 6) is 1.26. The average molecular weight is 357 g/mol. The van der Waals surface area contributed by atoms with Crippen LogP contribution in [0.3, 0.4) is 0 Å². The molecule has 1 saturated carbocycles. The van der Waals surface area contributed by atoms with Gasteiger partial charge in [0.15, 0.2) is 5.69 Å². The van der Waals surface area contributed by atoms with Crippen molar-refractivity contribution in [3.8, 4) is 5.75 Å². The lowest BCUT2D eigenvalue weighted by atomic mass is 10.2. The average Bonchev–Trinajstić information content (AvgIpc) is 3.40. The van der Waals surface area contributed by atoms with E-state index in [1.54, 1.807) is 7.11 Å². The molecule has 0 spiro atoms. The molecular weight excluding hydrogens is 330 g/mol. The summed E-state index contributed by atoms with van der Waals surface area (Å²) in [4.78, 5) is 18.9. The first-order chi connectivity index (χ1) is 12.6. The third kappa shape index (κ3) is 4.85. The molecule has 6 nitrogen and oxygen atoms in total. The minimum absolute atomic E-state index is 0.126. The second kappa shape index (κ2) is 8.36. The number of nitrogens with zero attached hydrogens (tertiary/aromatic N) is 2. The van der Waals surface area contributed by atoms with Gasteiger partial charge in [-0.2, -0.15) is 0 Å². The number of rotatable bonds is 9. The molecule has 1 atom stereocenters. The van der Waals surface area contributed by atoms with Gasteiger partial charge in [0.2, 0.25) is 5.89 Å². The number of carbonyl (C=O) groups excluding carboxylic acids is 1. The molecule has 1 fully saturated rings. The standard InChI is InChI=1S/C20H27N3O3/c1-4-14(2)21-20(24)18-13-26-19(22-18)12-23(16-7-8-16)11-15-5-9-17(25-3)10-6-15/h5-6,9-10,13-14,16H,4,7-8,11-12H2,1-3H3,(H,21,24). The second-order valence-corrected chi connectivity index (χ2v) is 6.89. The number of hydrogen-bond donors (Lipinski definition) is 1. The fraction of sp³-hybridized carbons (Fsp3) is 0.500. The van der Waals surface area contributed by atoms with Crippen LogP contribution in [-0.2, 0) is 13.1 Å². The van der Waals surface area contributed by atoms with Crippen LogP contribution in [0.2, 0.25) is 0 Å². The fourth-order valence-corrected chi connectivity index (χ4v) is 2.78. The lowest BCUT2D eigenvalue weighted by molar-refractivity contribution is 0.0934. The van der Waals surface area contributed by atoms with Crippen LogP contribution in [0, 0.1) is 0 Å². The van der Waals surface area contributed by atoms with Crippen molar-refractivity contribution < 1.29 is 13.9 Å². The monoisotopic (exact) mass is 357 g/mol. The van der Waals surface area contributed by atoms with Gasteiger partial charge < -0.3 is 14.5 Å². The number of ether oxygens (including phenoxy) is 1. The van der Waals surface area contributed by atoms with E-state index in [1.165, 1.54) is 24.7 Å². The number of amides is 1. The molecule has 0 bridgehead atoms. The summed E-state index contributed by atoms with van der Waals surface area (Å²) < 4.78 is 10.8. The van der Waals surface area contributed by atoms with Crippen LogP contribution in [0.15, 0.2) is 34.9 Å². The lowest BCUT2D eigenvalue weighted by Gasteiger charge is -2.20. The molecule has 3 rings (SSSR count). The molecule has 1 heterocycles. The molecule has 1 amide bonds. The normalized spacial score (nSPS) is 15.1. The molecule has 0 saturated heterocycles. The predicted molar refractivity (Wildman–Crippen MR) is 99.0 cm³/mol. The summed E-state index contributed by atoms with van der Waals surface area (Å²) >= 11 is 0. The summed E-state index contributed by atoms with van der Waals surface area (Å²) in [6, 6.07) is 8.79. The number of carbonyl (C=O) groups is 1. The Balaban J connectivity index is 1.62. The maximum atomic E-state index is 12.2. The van der Waals surface area contributed by atoms with Crippen molar-refractivity contribution in [3.05, 3.63) is 47.7 Å². The molecule has 1 aliphatic carbocycles. The van der Waals surface area contributed by atoms with E-state index >= 15 is 0 Å². The van der Waals surface area contributed by atoms with E-state index in [9.17, 15) is 4.79 Å². The van der Waals surface area contributed by atoms with Gasteiger partial charge >= 0.3 is 0 Å². The van der Waals surface area contributed by atoms with Crippen molar-refractivity contribution in [1.82, 2.24) is 15.2 Å². The maximum Gasteiger partial charge on any atom is 0.273 e. The van der Waals surface area contributed by atoms with Gasteiger partial charge in [-0.15, -0.1) is 0 Å². The van der Waals surface area contributed by atoms with Crippen LogP contribution in [-0.4, -0.2) is 35.0 Å². The molecule has 0 radical (unpaired) electrons. The molecule has 140 valence electrons. The number of methoxy groups -OCH3 is 1. The largest absolute Gasteiger partial charge is 0.497 e. The Morgan fingerprint density at radius 2 is 2.08 bits per heavy atom. The minimum Gasteiger partial charge on any atom is -0.497 e. The summed E-state index contributed by atoms with van der Waals surface area (Å²) in [6.07, 6.45) is 4.72. The Bertz CT molecular complexity index is 722. The van der Waals surface area contributed by atoms with Gasteiger partial charge in [-0.3, -0.25) is 9.69 Å². The highest BCUT2D eigenvalue weighted by Crippen LogP contribution is 2.30. The van der Waals surface area contributed by atoms with E-state index in [0.717, 1.165) is 18.7 Å². The summed E-state index contributed by atoms with van der Waals surface area (Å²) in [6.45, 7) is 5.44. The summed E-state index contributed by atoms with van der Waals surface area (Å²) in [5, 5.41) is 2.91. The molecule has 1 unspecified atom stereocenters. The fourth-order valence-electron chi connectivity index (χ4n) is 2.78. The molecular formula is C20H27N3O3. The van der Waals surface area contributed by atoms with Gasteiger partial charge in [-0.05, 0) is 43.9 Å². The summed E-state index contributed by atoms with van der Waals surface area (Å²) in [7, 11) is 1.67. The number of aromatic nitrogens is 1. The first kappa shape index (κ1) is 18.5. The van der Waals surface area contributed by atoms with E-state index in [2.05, 4.69) is 27.3 Å². The topological polar surface area (TPSA) is 67.6 Å². The Kier molecular flexibility index (Phi) is 5.93. The molecule has 2 aromatic rings. The van der Waals surface area contributed by atoms with E-state index in [0.29, 0.717) is 24.2 Å². The SMILES string of the molecule is CCC(C)NC(=O)c1coc(CN(Cc2ccc(OC)cc2)C2CC2)n1. The van der Waals surface area contributed by atoms with E-state index in [4.69, 9.17) is 9.15 Å². The number of benzene rings is 1. The van der Waals surface area contributed by atoms with Crippen molar-refractivity contribution >= 4 is 5.91 Å². The lowest BCUT2D eigenvalue weighted by Crippen LogP contribution is -2.32. The number of nitrogens with one attached hydrogen (secondary N) is 1. The number of hydrogen-bond acceptors (Lipinski definition) is 5. The van der Waals surface area contributed by atoms with Gasteiger partial charge in [0.05, 0.1) is 13.7 Å². The van der Waals surface area contributed by atoms with Crippen LogP contribution >= 0.6 is 0 Å². The predicted octanol–water partition coefficient (Wildman–Crippen LogP) is 3.38. The highest BCUT2D eigenvalue weighted by molar-refractivity contribution is 5.92. The smallest absolute Gasteiger partial charge is 0.273 e. The minimum atomic E-state index is -0.178. The van der Waals surface area contributed by atoms with Gasteiger partial charge in [0.1, 0.15) is 12.0 Å². The molecule has 6 heteroatoms. The van der Waals surface area contributed by atoms with Crippen molar-refractivity contribution in [1.29, 1.82) is 0 Å². The van der Waals surface area contributed by atoms with Crippen LogP contribution in [0.5, 0.6) is 5.75 Å². The molecule has 0 aliphatic heterocycles. The quantitative estimate of drug-likeness (QED) is 0.745. The molecule has 26 heavy (non-hydrogen) atoms. The molecule has 1 aromatic carbocycles. The zero-order chi connectivity index (χ0) is 18.5. The Morgan fingerprint density at radius 3 is 2.69 bits per heavy atom. The van der Waals surface area contributed by atoms with Crippen LogP contribution < -0.4 is 10.1 Å². The second-order valence-electron chi connectivity index (χ2n) is 6.89. The van der Waals surface area contributed by atoms with Crippen molar-refractivity contribution in [2.24, 2.45) is 0 Å². The third-order valence-corrected chi connectivity index (χ3v) is 4.72. The van der Waals surface area contributed by atoms with Gasteiger partial charge in [-0.1, -0.05) is 19.1 Å². The van der Waals surface area contributed by atoms with Gasteiger partial charge in [-0.25, -0.2) is 4.98 Å². The zero-order valence-corrected chi connectivity index (χ0v) is 15.7. The van der Waals surface area contributed by atoms with Gasteiger partial charge in [0, 0.05) is 18.6 Å². The Labute approximate surface area is 154 Å². The Morgan fingerprint density at radius 1 is 1.35 bits per heavy atom. The first-order valence-corrected chi connectivity index (χ1v) is 9.21. The number of oxazole rings is 1. The van der Waals surface area contributed by atoms with Crippen molar-refractivity contribution in [2.75, 3.05) is 7.11 Å². The first-order valence-electron chi connectivity index (χ1n) is 9.21. The van der Waals surface area contributed by atoms with E-state index < -0.39 is 0 Å². The summed E-state index contributed by atoms with van der Waals surface area (Å²) in [5.41, 5.74) is 1.57. The van der Waals surface area contributed by atoms with Crippen LogP contribution in [0.1, 0.15) is 55.1 Å². The molecule has 1 N–H and O–H groups in total. The third-order valence-electron chi connectivity index (χ3n) is 4.72. The Hall–Kier alpha value is -2.34. The highest BCUT2D eigenvalue weighted by atomic mass is 16.5.